The normalized spacial score (nSPS) is 21.4. The summed E-state index contributed by atoms with van der Waals surface area (Å²) in [5.74, 6) is -0.159. The van der Waals surface area contributed by atoms with Gasteiger partial charge in [0, 0.05) is 19.6 Å². The molecule has 5 nitrogen and oxygen atoms in total. The van der Waals surface area contributed by atoms with Gasteiger partial charge >= 0.3 is 0 Å². The van der Waals surface area contributed by atoms with Gasteiger partial charge < -0.3 is 15.8 Å². The number of nitrogens with two attached hydrogens (primary N) is 1. The summed E-state index contributed by atoms with van der Waals surface area (Å²) in [5.41, 5.74) is 6.77. The Kier molecular flexibility index (Phi) is 5.52. The summed E-state index contributed by atoms with van der Waals surface area (Å²) in [7, 11) is 0. The molecule has 1 unspecified atom stereocenters. The second kappa shape index (κ2) is 7.38. The molecule has 1 saturated heterocycles. The highest BCUT2D eigenvalue weighted by Gasteiger charge is 2.21. The predicted molar refractivity (Wildman–Crippen MR) is 78.2 cm³/mol. The number of rotatable bonds is 5. The van der Waals surface area contributed by atoms with Gasteiger partial charge in [-0.15, -0.1) is 0 Å². The molecule has 1 aromatic rings. The third-order valence-electron chi connectivity index (χ3n) is 3.62. The van der Waals surface area contributed by atoms with E-state index in [2.05, 4.69) is 17.1 Å². The fraction of sp³-hybridized carbons (Fsp3) is 0.533. The number of amides is 1. The number of likely N-dealkylation sites (N-methyl/N-ethyl adjacent to an activating group) is 1. The van der Waals surface area contributed by atoms with Crippen LogP contribution in [0.4, 0.5) is 0 Å². The Hall–Kier alpha value is -1.43. The fourth-order valence-corrected chi connectivity index (χ4v) is 2.33. The number of nitrogens with zero attached hydrogens (tertiary/aromatic N) is 1. The minimum absolute atomic E-state index is 0.0515. The molecule has 1 fully saturated rings. The Bertz CT molecular complexity index is 424. The molecule has 1 aliphatic heterocycles. The van der Waals surface area contributed by atoms with Crippen molar-refractivity contribution in [3.63, 3.8) is 0 Å². The lowest BCUT2D eigenvalue weighted by molar-refractivity contribution is -0.123. The lowest BCUT2D eigenvalue weighted by Gasteiger charge is -2.32. The second-order valence-electron chi connectivity index (χ2n) is 5.02. The maximum Gasteiger partial charge on any atom is 0.241 e. The van der Waals surface area contributed by atoms with Crippen molar-refractivity contribution < 1.29 is 9.53 Å². The van der Waals surface area contributed by atoms with E-state index in [0.717, 1.165) is 31.8 Å². The number of benzene rings is 1. The van der Waals surface area contributed by atoms with Crippen molar-refractivity contribution in [2.75, 3.05) is 32.8 Å². The van der Waals surface area contributed by atoms with Crippen LogP contribution in [-0.2, 0) is 9.53 Å². The van der Waals surface area contributed by atoms with E-state index in [9.17, 15) is 4.79 Å². The van der Waals surface area contributed by atoms with Crippen molar-refractivity contribution in [1.82, 2.24) is 10.2 Å². The minimum Gasteiger partial charge on any atom is -0.374 e. The average Bonchev–Trinajstić information content (AvgIpc) is 2.53. The van der Waals surface area contributed by atoms with Gasteiger partial charge in [0.15, 0.2) is 0 Å². The third-order valence-corrected chi connectivity index (χ3v) is 3.62. The van der Waals surface area contributed by atoms with E-state index < -0.39 is 6.04 Å². The van der Waals surface area contributed by atoms with E-state index in [1.54, 1.807) is 0 Å². The summed E-state index contributed by atoms with van der Waals surface area (Å²) in [6, 6.07) is 8.77. The molecule has 0 bridgehead atoms. The van der Waals surface area contributed by atoms with Crippen LogP contribution < -0.4 is 11.1 Å². The Morgan fingerprint density at radius 1 is 1.50 bits per heavy atom. The first-order valence-corrected chi connectivity index (χ1v) is 7.13. The smallest absolute Gasteiger partial charge is 0.241 e. The summed E-state index contributed by atoms with van der Waals surface area (Å²) < 4.78 is 5.65. The number of nitrogens with one attached hydrogen (secondary N) is 1. The first-order valence-electron chi connectivity index (χ1n) is 7.13. The summed E-state index contributed by atoms with van der Waals surface area (Å²) in [6.07, 6.45) is 0.0515. The molecular weight excluding hydrogens is 254 g/mol. The largest absolute Gasteiger partial charge is 0.374 e. The SMILES string of the molecule is CCN1CCOC(CNC(=O)[C@H](N)c2ccccc2)C1. The van der Waals surface area contributed by atoms with Gasteiger partial charge in [0.1, 0.15) is 6.04 Å². The van der Waals surface area contributed by atoms with E-state index in [0.29, 0.717) is 6.54 Å². The van der Waals surface area contributed by atoms with Crippen LogP contribution in [0, 0.1) is 0 Å². The highest BCUT2D eigenvalue weighted by atomic mass is 16.5. The molecule has 0 aliphatic carbocycles. The Labute approximate surface area is 120 Å². The van der Waals surface area contributed by atoms with Crippen molar-refractivity contribution in [3.8, 4) is 0 Å². The van der Waals surface area contributed by atoms with Crippen LogP contribution in [0.5, 0.6) is 0 Å². The lowest BCUT2D eigenvalue weighted by atomic mass is 10.1. The van der Waals surface area contributed by atoms with Crippen LogP contribution in [0.15, 0.2) is 30.3 Å². The maximum atomic E-state index is 12.0. The molecule has 2 atom stereocenters. The molecule has 1 heterocycles. The van der Waals surface area contributed by atoms with Gasteiger partial charge in [0.05, 0.1) is 12.7 Å². The molecule has 0 saturated carbocycles. The molecule has 0 radical (unpaired) electrons. The van der Waals surface area contributed by atoms with E-state index in [4.69, 9.17) is 10.5 Å². The van der Waals surface area contributed by atoms with Crippen molar-refractivity contribution in [1.29, 1.82) is 0 Å². The van der Waals surface area contributed by atoms with Gasteiger partial charge in [-0.1, -0.05) is 37.3 Å². The highest BCUT2D eigenvalue weighted by Crippen LogP contribution is 2.10. The number of hydrogen-bond acceptors (Lipinski definition) is 4. The number of hydrogen-bond donors (Lipinski definition) is 2. The standard InChI is InChI=1S/C15H23N3O2/c1-2-18-8-9-20-13(11-18)10-17-15(19)14(16)12-6-4-3-5-7-12/h3-7,13-14H,2,8-11,16H2,1H3,(H,17,19)/t13?,14-/m1/s1. The Morgan fingerprint density at radius 2 is 2.25 bits per heavy atom. The van der Waals surface area contributed by atoms with E-state index >= 15 is 0 Å². The molecule has 1 aliphatic rings. The van der Waals surface area contributed by atoms with Gasteiger partial charge in [-0.3, -0.25) is 9.69 Å². The zero-order valence-electron chi connectivity index (χ0n) is 11.9. The first-order chi connectivity index (χ1) is 9.70. The molecule has 1 amide bonds. The Balaban J connectivity index is 1.80. The third kappa shape index (κ3) is 4.03. The number of carbonyl (C=O) groups is 1. The van der Waals surface area contributed by atoms with Crippen LogP contribution in [-0.4, -0.2) is 49.7 Å². The molecule has 110 valence electrons. The summed E-state index contributed by atoms with van der Waals surface area (Å²) in [5, 5.41) is 2.88. The molecular formula is C15H23N3O2. The van der Waals surface area contributed by atoms with Crippen LogP contribution >= 0.6 is 0 Å². The van der Waals surface area contributed by atoms with Crippen LogP contribution in [0.3, 0.4) is 0 Å². The van der Waals surface area contributed by atoms with Crippen LogP contribution in [0.2, 0.25) is 0 Å². The lowest BCUT2D eigenvalue weighted by Crippen LogP contribution is -2.48. The van der Waals surface area contributed by atoms with Crippen LogP contribution in [0.1, 0.15) is 18.5 Å². The predicted octanol–water partition coefficient (Wildman–Crippen LogP) is 0.523. The van der Waals surface area contributed by atoms with Gasteiger partial charge in [-0.2, -0.15) is 0 Å². The number of carbonyl (C=O) groups excluding carboxylic acids is 1. The van der Waals surface area contributed by atoms with E-state index in [1.807, 2.05) is 30.3 Å². The summed E-state index contributed by atoms with van der Waals surface area (Å²) in [6.45, 7) is 6.19. The molecule has 0 spiro atoms. The molecule has 5 heteroatoms. The first kappa shape index (κ1) is 15.0. The molecule has 1 aromatic carbocycles. The summed E-state index contributed by atoms with van der Waals surface area (Å²) in [4.78, 5) is 14.3. The number of morpholine rings is 1. The van der Waals surface area contributed by atoms with Crippen molar-refractivity contribution in [3.05, 3.63) is 35.9 Å². The Morgan fingerprint density at radius 3 is 2.95 bits per heavy atom. The summed E-state index contributed by atoms with van der Waals surface area (Å²) >= 11 is 0. The van der Waals surface area contributed by atoms with Gasteiger partial charge in [-0.25, -0.2) is 0 Å². The zero-order chi connectivity index (χ0) is 14.4. The van der Waals surface area contributed by atoms with Gasteiger partial charge in [0.2, 0.25) is 5.91 Å². The monoisotopic (exact) mass is 277 g/mol. The topological polar surface area (TPSA) is 67.6 Å². The quantitative estimate of drug-likeness (QED) is 0.823. The zero-order valence-corrected chi connectivity index (χ0v) is 11.9. The molecule has 20 heavy (non-hydrogen) atoms. The minimum atomic E-state index is -0.623. The van der Waals surface area contributed by atoms with Crippen molar-refractivity contribution in [2.24, 2.45) is 5.73 Å². The van der Waals surface area contributed by atoms with Crippen molar-refractivity contribution >= 4 is 5.91 Å². The fourth-order valence-electron chi connectivity index (χ4n) is 2.33. The second-order valence-corrected chi connectivity index (χ2v) is 5.02. The van der Waals surface area contributed by atoms with E-state index in [1.165, 1.54) is 0 Å². The highest BCUT2D eigenvalue weighted by molar-refractivity contribution is 5.82. The van der Waals surface area contributed by atoms with E-state index in [-0.39, 0.29) is 12.0 Å². The van der Waals surface area contributed by atoms with Gasteiger partial charge in [0.25, 0.3) is 0 Å². The number of ether oxygens (including phenoxy) is 1. The van der Waals surface area contributed by atoms with Crippen LogP contribution in [0.25, 0.3) is 0 Å². The molecule has 3 N–H and O–H groups in total. The van der Waals surface area contributed by atoms with Gasteiger partial charge in [-0.05, 0) is 12.1 Å². The molecule has 2 rings (SSSR count). The van der Waals surface area contributed by atoms with Crippen molar-refractivity contribution in [2.45, 2.75) is 19.1 Å². The molecule has 0 aromatic heterocycles. The average molecular weight is 277 g/mol. The maximum absolute atomic E-state index is 12.0.